The standard InChI is InChI=1S/C19H25NS/c1-2-20-17(13-12-15-8-4-3-5-9-15)19-14-16-10-6-7-11-18(16)21-19/h3-5,8-9,14,17,20H,2,6-7,10-13H2,1H3. The van der Waals surface area contributed by atoms with Crippen LogP contribution in [0.4, 0.5) is 0 Å². The summed E-state index contributed by atoms with van der Waals surface area (Å²) < 4.78 is 0. The minimum absolute atomic E-state index is 0.519. The molecule has 1 unspecified atom stereocenters. The van der Waals surface area contributed by atoms with Crippen molar-refractivity contribution in [1.82, 2.24) is 5.32 Å². The van der Waals surface area contributed by atoms with Crippen LogP contribution < -0.4 is 5.32 Å². The molecule has 112 valence electrons. The highest BCUT2D eigenvalue weighted by Gasteiger charge is 2.18. The van der Waals surface area contributed by atoms with E-state index < -0.39 is 0 Å². The van der Waals surface area contributed by atoms with Gasteiger partial charge in [-0.2, -0.15) is 0 Å². The third-order valence-electron chi connectivity index (χ3n) is 4.37. The summed E-state index contributed by atoms with van der Waals surface area (Å²) in [5.41, 5.74) is 3.07. The van der Waals surface area contributed by atoms with Gasteiger partial charge in [-0.3, -0.25) is 0 Å². The van der Waals surface area contributed by atoms with Gasteiger partial charge in [0.1, 0.15) is 0 Å². The molecule has 1 aliphatic carbocycles. The lowest BCUT2D eigenvalue weighted by Crippen LogP contribution is -2.20. The molecule has 1 aliphatic rings. The van der Waals surface area contributed by atoms with Gasteiger partial charge in [-0.25, -0.2) is 0 Å². The lowest BCUT2D eigenvalue weighted by atomic mass is 9.98. The quantitative estimate of drug-likeness (QED) is 0.799. The van der Waals surface area contributed by atoms with Gasteiger partial charge < -0.3 is 5.32 Å². The van der Waals surface area contributed by atoms with E-state index in [0.29, 0.717) is 6.04 Å². The van der Waals surface area contributed by atoms with E-state index in [4.69, 9.17) is 0 Å². The first-order valence-electron chi connectivity index (χ1n) is 8.25. The predicted octanol–water partition coefficient (Wildman–Crippen LogP) is 4.91. The number of hydrogen-bond acceptors (Lipinski definition) is 2. The summed E-state index contributed by atoms with van der Waals surface area (Å²) in [7, 11) is 0. The van der Waals surface area contributed by atoms with Crippen LogP contribution in [0.3, 0.4) is 0 Å². The number of aryl methyl sites for hydroxylation is 3. The molecule has 3 rings (SSSR count). The molecule has 1 aromatic heterocycles. The van der Waals surface area contributed by atoms with E-state index in [-0.39, 0.29) is 0 Å². The number of hydrogen-bond donors (Lipinski definition) is 1. The Labute approximate surface area is 132 Å². The van der Waals surface area contributed by atoms with Crippen LogP contribution in [0.5, 0.6) is 0 Å². The van der Waals surface area contributed by atoms with E-state index in [2.05, 4.69) is 60.0 Å². The lowest BCUT2D eigenvalue weighted by molar-refractivity contribution is 0.522. The molecule has 0 saturated heterocycles. The van der Waals surface area contributed by atoms with Gasteiger partial charge in [-0.1, -0.05) is 37.3 Å². The number of rotatable bonds is 6. The summed E-state index contributed by atoms with van der Waals surface area (Å²) in [6.07, 6.45) is 7.70. The first kappa shape index (κ1) is 14.8. The summed E-state index contributed by atoms with van der Waals surface area (Å²) in [6, 6.07) is 13.9. The van der Waals surface area contributed by atoms with E-state index >= 15 is 0 Å². The van der Waals surface area contributed by atoms with Crippen LogP contribution in [-0.2, 0) is 19.3 Å². The molecule has 2 heteroatoms. The Bertz CT molecular complexity index is 535. The minimum Gasteiger partial charge on any atom is -0.310 e. The van der Waals surface area contributed by atoms with Crippen molar-refractivity contribution in [3.05, 3.63) is 57.3 Å². The average molecular weight is 299 g/mol. The van der Waals surface area contributed by atoms with Crippen LogP contribution in [0.25, 0.3) is 0 Å². The molecule has 1 heterocycles. The fourth-order valence-electron chi connectivity index (χ4n) is 3.23. The van der Waals surface area contributed by atoms with Gasteiger partial charge >= 0.3 is 0 Å². The summed E-state index contributed by atoms with van der Waals surface area (Å²) in [5, 5.41) is 3.69. The van der Waals surface area contributed by atoms with Crippen LogP contribution >= 0.6 is 11.3 Å². The number of benzene rings is 1. The van der Waals surface area contributed by atoms with E-state index in [1.54, 1.807) is 15.3 Å². The second-order valence-corrected chi connectivity index (χ2v) is 7.11. The molecule has 0 radical (unpaired) electrons. The van der Waals surface area contributed by atoms with Crippen LogP contribution in [-0.4, -0.2) is 6.54 Å². The molecular weight excluding hydrogens is 274 g/mol. The highest BCUT2D eigenvalue weighted by molar-refractivity contribution is 7.12. The van der Waals surface area contributed by atoms with E-state index in [1.165, 1.54) is 37.7 Å². The first-order valence-corrected chi connectivity index (χ1v) is 9.07. The highest BCUT2D eigenvalue weighted by atomic mass is 32.1. The largest absolute Gasteiger partial charge is 0.310 e. The summed E-state index contributed by atoms with van der Waals surface area (Å²) in [6.45, 7) is 3.26. The van der Waals surface area contributed by atoms with Gasteiger partial charge in [0.05, 0.1) is 0 Å². The van der Waals surface area contributed by atoms with Crippen molar-refractivity contribution in [3.8, 4) is 0 Å². The first-order chi connectivity index (χ1) is 10.4. The van der Waals surface area contributed by atoms with Crippen molar-refractivity contribution in [3.63, 3.8) is 0 Å². The van der Waals surface area contributed by atoms with Gasteiger partial charge in [0, 0.05) is 15.8 Å². The molecule has 1 nitrogen and oxygen atoms in total. The molecule has 0 spiro atoms. The Morgan fingerprint density at radius 2 is 1.95 bits per heavy atom. The van der Waals surface area contributed by atoms with Crippen molar-refractivity contribution < 1.29 is 0 Å². The maximum atomic E-state index is 3.69. The Kier molecular flexibility index (Phi) is 5.10. The van der Waals surface area contributed by atoms with Crippen LogP contribution in [0.2, 0.25) is 0 Å². The van der Waals surface area contributed by atoms with Gasteiger partial charge in [-0.05, 0) is 62.3 Å². The third kappa shape index (κ3) is 3.75. The fraction of sp³-hybridized carbons (Fsp3) is 0.474. The van der Waals surface area contributed by atoms with Crippen LogP contribution in [0.1, 0.15) is 53.1 Å². The third-order valence-corrected chi connectivity index (χ3v) is 5.72. The second kappa shape index (κ2) is 7.24. The average Bonchev–Trinajstić information content (AvgIpc) is 2.96. The summed E-state index contributed by atoms with van der Waals surface area (Å²) in [4.78, 5) is 3.21. The molecule has 2 aromatic rings. The zero-order valence-electron chi connectivity index (χ0n) is 12.9. The van der Waals surface area contributed by atoms with Gasteiger partial charge in [0.25, 0.3) is 0 Å². The topological polar surface area (TPSA) is 12.0 Å². The lowest BCUT2D eigenvalue weighted by Gasteiger charge is -2.16. The molecule has 0 amide bonds. The van der Waals surface area contributed by atoms with Crippen LogP contribution in [0.15, 0.2) is 36.4 Å². The Morgan fingerprint density at radius 3 is 2.71 bits per heavy atom. The maximum Gasteiger partial charge on any atom is 0.0418 e. The number of thiophene rings is 1. The van der Waals surface area contributed by atoms with Gasteiger partial charge in [-0.15, -0.1) is 11.3 Å². The zero-order valence-corrected chi connectivity index (χ0v) is 13.7. The summed E-state index contributed by atoms with van der Waals surface area (Å²) >= 11 is 2.06. The number of fused-ring (bicyclic) bond motifs is 1. The molecule has 1 aromatic carbocycles. The fourth-order valence-corrected chi connectivity index (χ4v) is 4.60. The molecule has 0 fully saturated rings. The molecule has 0 aliphatic heterocycles. The van der Waals surface area contributed by atoms with Crippen molar-refractivity contribution >= 4 is 11.3 Å². The smallest absolute Gasteiger partial charge is 0.0418 e. The molecule has 0 bridgehead atoms. The van der Waals surface area contributed by atoms with Crippen molar-refractivity contribution in [1.29, 1.82) is 0 Å². The highest BCUT2D eigenvalue weighted by Crippen LogP contribution is 2.34. The van der Waals surface area contributed by atoms with Crippen molar-refractivity contribution in [2.75, 3.05) is 6.54 Å². The van der Waals surface area contributed by atoms with Crippen molar-refractivity contribution in [2.24, 2.45) is 0 Å². The molecule has 1 atom stereocenters. The molecule has 1 N–H and O–H groups in total. The van der Waals surface area contributed by atoms with Gasteiger partial charge in [0.15, 0.2) is 0 Å². The minimum atomic E-state index is 0.519. The normalized spacial score (nSPS) is 15.7. The predicted molar refractivity (Wildman–Crippen MR) is 92.1 cm³/mol. The van der Waals surface area contributed by atoms with E-state index in [1.807, 2.05) is 0 Å². The Hall–Kier alpha value is -1.12. The molecule has 21 heavy (non-hydrogen) atoms. The summed E-state index contributed by atoms with van der Waals surface area (Å²) in [5.74, 6) is 0. The van der Waals surface area contributed by atoms with Crippen molar-refractivity contribution in [2.45, 2.75) is 51.5 Å². The van der Waals surface area contributed by atoms with E-state index in [0.717, 1.165) is 13.0 Å². The zero-order chi connectivity index (χ0) is 14.5. The monoisotopic (exact) mass is 299 g/mol. The van der Waals surface area contributed by atoms with Gasteiger partial charge in [0.2, 0.25) is 0 Å². The SMILES string of the molecule is CCNC(CCc1ccccc1)c1cc2c(s1)CCCC2. The Balaban J connectivity index is 1.70. The van der Waals surface area contributed by atoms with Crippen LogP contribution in [0, 0.1) is 0 Å². The maximum absolute atomic E-state index is 3.69. The Morgan fingerprint density at radius 1 is 1.14 bits per heavy atom. The second-order valence-electron chi connectivity index (χ2n) is 5.94. The number of nitrogens with one attached hydrogen (secondary N) is 1. The molecule has 0 saturated carbocycles. The van der Waals surface area contributed by atoms with E-state index in [9.17, 15) is 0 Å². The molecular formula is C19H25NS.